The highest BCUT2D eigenvalue weighted by atomic mass is 16.5. The van der Waals surface area contributed by atoms with E-state index in [0.29, 0.717) is 6.61 Å². The number of nitrogens with one attached hydrogen (secondary N) is 1. The zero-order valence-corrected chi connectivity index (χ0v) is 13.3. The number of hydrogen-bond acceptors (Lipinski definition) is 4. The van der Waals surface area contributed by atoms with Gasteiger partial charge in [-0.2, -0.15) is 0 Å². The second-order valence-electron chi connectivity index (χ2n) is 5.16. The Bertz CT molecular complexity index is 237. The van der Waals surface area contributed by atoms with Crippen LogP contribution in [0, 0.1) is 0 Å². The van der Waals surface area contributed by atoms with Crippen molar-refractivity contribution in [2.75, 3.05) is 19.7 Å². The van der Waals surface area contributed by atoms with Crippen LogP contribution in [0.25, 0.3) is 0 Å². The molecule has 0 aromatic rings. The molecule has 1 rings (SSSR count). The van der Waals surface area contributed by atoms with Crippen LogP contribution in [0.2, 0.25) is 0 Å². The third kappa shape index (κ3) is 16.9. The summed E-state index contributed by atoms with van der Waals surface area (Å²) in [6.07, 6.45) is 13.4. The zero-order valence-electron chi connectivity index (χ0n) is 13.3. The van der Waals surface area contributed by atoms with E-state index in [0.717, 1.165) is 19.5 Å². The Hall–Kier alpha value is -1.06. The van der Waals surface area contributed by atoms with Crippen molar-refractivity contribution >= 4 is 12.3 Å². The van der Waals surface area contributed by atoms with Crippen molar-refractivity contribution in [2.45, 2.75) is 71.6 Å². The monoisotopic (exact) mass is 284 g/mol. The minimum Gasteiger partial charge on any atom is -0.466 e. The first-order chi connectivity index (χ1) is 9.77. The van der Waals surface area contributed by atoms with E-state index in [9.17, 15) is 4.79 Å². The summed E-state index contributed by atoms with van der Waals surface area (Å²) in [7, 11) is 0. The van der Waals surface area contributed by atoms with Crippen molar-refractivity contribution in [3.63, 3.8) is 0 Å². The molecule has 1 aliphatic heterocycles. The van der Waals surface area contributed by atoms with E-state index < -0.39 is 0 Å². The fraction of sp³-hybridized carbons (Fsp3) is 0.875. The van der Waals surface area contributed by atoms with Gasteiger partial charge in [0, 0.05) is 13.5 Å². The highest BCUT2D eigenvalue weighted by Crippen LogP contribution is 2.09. The molecular formula is C16H32N2O2. The Balaban J connectivity index is 0.000000595. The Morgan fingerprint density at radius 3 is 2.10 bits per heavy atom. The van der Waals surface area contributed by atoms with Gasteiger partial charge in [0.2, 0.25) is 0 Å². The third-order valence-electron chi connectivity index (χ3n) is 3.12. The van der Waals surface area contributed by atoms with Gasteiger partial charge in [0.05, 0.1) is 19.5 Å². The number of rotatable bonds is 10. The van der Waals surface area contributed by atoms with E-state index in [-0.39, 0.29) is 5.97 Å². The average Bonchev–Trinajstić information content (AvgIpc) is 3.00. The Morgan fingerprint density at radius 2 is 1.70 bits per heavy atom. The van der Waals surface area contributed by atoms with Crippen LogP contribution in [0.5, 0.6) is 0 Å². The van der Waals surface area contributed by atoms with Crippen molar-refractivity contribution in [1.82, 2.24) is 5.32 Å². The van der Waals surface area contributed by atoms with Crippen LogP contribution in [-0.2, 0) is 9.53 Å². The van der Waals surface area contributed by atoms with Crippen LogP contribution in [0.3, 0.4) is 0 Å². The second-order valence-corrected chi connectivity index (χ2v) is 5.16. The molecule has 118 valence electrons. The van der Waals surface area contributed by atoms with E-state index >= 15 is 0 Å². The third-order valence-corrected chi connectivity index (χ3v) is 3.12. The topological polar surface area (TPSA) is 50.7 Å². The fourth-order valence-corrected chi connectivity index (χ4v) is 1.95. The highest BCUT2D eigenvalue weighted by Gasteiger charge is 1.94. The smallest absolute Gasteiger partial charge is 0.302 e. The number of esters is 1. The minimum atomic E-state index is -0.158. The summed E-state index contributed by atoms with van der Waals surface area (Å²) in [5, 5.41) is 2.93. The number of nitrogens with zero attached hydrogens (tertiary/aromatic N) is 1. The highest BCUT2D eigenvalue weighted by molar-refractivity contribution is 5.65. The lowest BCUT2D eigenvalue weighted by Crippen LogP contribution is -2.04. The number of unbranched alkanes of at least 4 members (excludes halogenated alkanes) is 8. The number of carbonyl (C=O) groups excluding carboxylic acids is 1. The molecule has 0 fully saturated rings. The molecule has 0 saturated carbocycles. The fourth-order valence-electron chi connectivity index (χ4n) is 1.95. The molecule has 0 saturated heterocycles. The predicted molar refractivity (Wildman–Crippen MR) is 85.2 cm³/mol. The van der Waals surface area contributed by atoms with E-state index in [2.05, 4.69) is 17.2 Å². The summed E-state index contributed by atoms with van der Waals surface area (Å²) < 4.78 is 4.86. The van der Waals surface area contributed by atoms with Crippen molar-refractivity contribution in [2.24, 2.45) is 4.99 Å². The van der Waals surface area contributed by atoms with Crippen LogP contribution in [0.1, 0.15) is 71.6 Å². The molecular weight excluding hydrogens is 252 g/mol. The first-order valence-electron chi connectivity index (χ1n) is 8.12. The molecule has 1 aliphatic rings. The van der Waals surface area contributed by atoms with Gasteiger partial charge in [0.1, 0.15) is 0 Å². The largest absolute Gasteiger partial charge is 0.466 e. The van der Waals surface area contributed by atoms with Crippen molar-refractivity contribution in [1.29, 1.82) is 0 Å². The summed E-state index contributed by atoms with van der Waals surface area (Å²) in [5.74, 6) is -0.158. The van der Waals surface area contributed by atoms with Gasteiger partial charge >= 0.3 is 5.97 Å². The quantitative estimate of drug-likeness (QED) is 0.491. The lowest BCUT2D eigenvalue weighted by atomic mass is 10.1. The Morgan fingerprint density at radius 1 is 1.10 bits per heavy atom. The van der Waals surface area contributed by atoms with E-state index in [1.807, 2.05) is 0 Å². The summed E-state index contributed by atoms with van der Waals surface area (Å²) in [6, 6.07) is 0. The lowest BCUT2D eigenvalue weighted by molar-refractivity contribution is -0.141. The maximum atomic E-state index is 10.5. The standard InChI is InChI=1S/C13H26O2.C3H6N2/c1-3-4-5-6-7-8-9-10-11-12-15-13(2)14;1-2-5-3-4-1/h3-12H2,1-2H3;3H,1-2H2,(H,4,5). The minimum absolute atomic E-state index is 0.158. The molecule has 0 bridgehead atoms. The maximum Gasteiger partial charge on any atom is 0.302 e. The van der Waals surface area contributed by atoms with Crippen LogP contribution >= 0.6 is 0 Å². The average molecular weight is 284 g/mol. The van der Waals surface area contributed by atoms with Crippen LogP contribution in [0.15, 0.2) is 4.99 Å². The second kappa shape index (κ2) is 16.0. The first kappa shape index (κ1) is 18.9. The molecule has 0 unspecified atom stereocenters. The Labute approximate surface area is 124 Å². The summed E-state index contributed by atoms with van der Waals surface area (Å²) in [5.41, 5.74) is 0. The summed E-state index contributed by atoms with van der Waals surface area (Å²) in [4.78, 5) is 14.3. The normalized spacial score (nSPS) is 12.5. The predicted octanol–water partition coefficient (Wildman–Crippen LogP) is 3.70. The molecule has 0 radical (unpaired) electrons. The van der Waals surface area contributed by atoms with Gasteiger partial charge < -0.3 is 10.1 Å². The summed E-state index contributed by atoms with van der Waals surface area (Å²) >= 11 is 0. The van der Waals surface area contributed by atoms with Gasteiger partial charge in [0.25, 0.3) is 0 Å². The molecule has 0 aromatic heterocycles. The van der Waals surface area contributed by atoms with Crippen molar-refractivity contribution in [3.8, 4) is 0 Å². The molecule has 4 heteroatoms. The first-order valence-corrected chi connectivity index (χ1v) is 8.12. The van der Waals surface area contributed by atoms with E-state index in [1.54, 1.807) is 6.34 Å². The number of hydrogen-bond donors (Lipinski definition) is 1. The molecule has 0 aromatic carbocycles. The van der Waals surface area contributed by atoms with E-state index in [1.165, 1.54) is 58.3 Å². The number of ether oxygens (including phenoxy) is 1. The van der Waals surface area contributed by atoms with Gasteiger partial charge in [-0.3, -0.25) is 9.79 Å². The lowest BCUT2D eigenvalue weighted by Gasteiger charge is -2.02. The van der Waals surface area contributed by atoms with E-state index in [4.69, 9.17) is 4.74 Å². The van der Waals surface area contributed by atoms with Crippen molar-refractivity contribution in [3.05, 3.63) is 0 Å². The number of carbonyl (C=O) groups is 1. The van der Waals surface area contributed by atoms with Crippen LogP contribution < -0.4 is 5.32 Å². The summed E-state index contributed by atoms with van der Waals surface area (Å²) in [6.45, 7) is 6.30. The van der Waals surface area contributed by atoms with Gasteiger partial charge in [-0.05, 0) is 6.42 Å². The van der Waals surface area contributed by atoms with Gasteiger partial charge in [0.15, 0.2) is 0 Å². The Kier molecular flexibility index (Phi) is 15.1. The van der Waals surface area contributed by atoms with Gasteiger partial charge in [-0.15, -0.1) is 0 Å². The molecule has 1 heterocycles. The molecule has 1 N–H and O–H groups in total. The van der Waals surface area contributed by atoms with Crippen LogP contribution in [-0.4, -0.2) is 32.0 Å². The zero-order chi connectivity index (χ0) is 14.9. The molecule has 0 spiro atoms. The van der Waals surface area contributed by atoms with Gasteiger partial charge in [-0.25, -0.2) is 0 Å². The molecule has 0 aliphatic carbocycles. The maximum absolute atomic E-state index is 10.5. The molecule has 0 amide bonds. The number of aliphatic imine (C=N–C) groups is 1. The van der Waals surface area contributed by atoms with Crippen LogP contribution in [0.4, 0.5) is 0 Å². The molecule has 4 nitrogen and oxygen atoms in total. The molecule has 20 heavy (non-hydrogen) atoms. The SMILES string of the molecule is C1=NCCN1.CCCCCCCCCCCOC(C)=O. The molecule has 0 atom stereocenters. The van der Waals surface area contributed by atoms with Crippen molar-refractivity contribution < 1.29 is 9.53 Å². The van der Waals surface area contributed by atoms with Gasteiger partial charge in [-0.1, -0.05) is 58.3 Å².